The number of nitrogens with zero attached hydrogens (tertiary/aromatic N) is 1. The first-order chi connectivity index (χ1) is 11.6. The minimum atomic E-state index is -0.489. The standard InChI is InChI=1S/C13H9NO3.C6H5F/c15-13(10-4-2-1-3-5-10)11-6-8-12(9-7-11)14(16)17;7-6-4-2-1-3-5-6/h1-9H;1-5H. The summed E-state index contributed by atoms with van der Waals surface area (Å²) in [5, 5.41) is 10.5. The van der Waals surface area contributed by atoms with Gasteiger partial charge in [0.2, 0.25) is 0 Å². The summed E-state index contributed by atoms with van der Waals surface area (Å²) < 4.78 is 11.9. The van der Waals surface area contributed by atoms with E-state index in [9.17, 15) is 19.3 Å². The van der Waals surface area contributed by atoms with Gasteiger partial charge in [-0.3, -0.25) is 14.9 Å². The third-order valence-corrected chi connectivity index (χ3v) is 3.11. The molecule has 4 nitrogen and oxygen atoms in total. The number of rotatable bonds is 3. The minimum absolute atomic E-state index is 0.0189. The largest absolute Gasteiger partial charge is 0.289 e. The monoisotopic (exact) mass is 323 g/mol. The lowest BCUT2D eigenvalue weighted by atomic mass is 10.0. The summed E-state index contributed by atoms with van der Waals surface area (Å²) in [6, 6.07) is 22.3. The highest BCUT2D eigenvalue weighted by Crippen LogP contribution is 2.15. The molecule has 5 heteroatoms. The highest BCUT2D eigenvalue weighted by Gasteiger charge is 2.10. The number of carbonyl (C=O) groups excluding carboxylic acids is 1. The van der Waals surface area contributed by atoms with Gasteiger partial charge in [0, 0.05) is 23.3 Å². The number of nitro benzene ring substituents is 1. The van der Waals surface area contributed by atoms with Gasteiger partial charge < -0.3 is 0 Å². The number of hydrogen-bond acceptors (Lipinski definition) is 3. The topological polar surface area (TPSA) is 60.2 Å². The normalized spacial score (nSPS) is 9.54. The number of nitro groups is 1. The molecule has 0 amide bonds. The van der Waals surface area contributed by atoms with Gasteiger partial charge in [-0.1, -0.05) is 48.5 Å². The van der Waals surface area contributed by atoms with E-state index >= 15 is 0 Å². The fourth-order valence-electron chi connectivity index (χ4n) is 1.91. The van der Waals surface area contributed by atoms with Gasteiger partial charge in [0.05, 0.1) is 4.92 Å². The summed E-state index contributed by atoms with van der Waals surface area (Å²) >= 11 is 0. The lowest BCUT2D eigenvalue weighted by Gasteiger charge is -2.00. The van der Waals surface area contributed by atoms with Crippen LogP contribution in [0.1, 0.15) is 15.9 Å². The zero-order chi connectivity index (χ0) is 17.4. The fraction of sp³-hybridized carbons (Fsp3) is 0. The molecule has 0 fully saturated rings. The summed E-state index contributed by atoms with van der Waals surface area (Å²) in [5.74, 6) is -0.317. The van der Waals surface area contributed by atoms with Crippen molar-refractivity contribution < 1.29 is 14.1 Å². The van der Waals surface area contributed by atoms with Crippen molar-refractivity contribution in [1.82, 2.24) is 0 Å². The van der Waals surface area contributed by atoms with E-state index in [0.29, 0.717) is 11.1 Å². The molecule has 0 heterocycles. The third kappa shape index (κ3) is 4.84. The highest BCUT2D eigenvalue weighted by molar-refractivity contribution is 6.09. The Morgan fingerprint density at radius 3 is 1.62 bits per heavy atom. The molecule has 3 aromatic carbocycles. The molecule has 0 aliphatic rings. The maximum absolute atomic E-state index is 12.0. The second-order valence-corrected chi connectivity index (χ2v) is 4.79. The minimum Gasteiger partial charge on any atom is -0.289 e. The van der Waals surface area contributed by atoms with Gasteiger partial charge in [0.15, 0.2) is 5.78 Å². The first kappa shape index (κ1) is 17.0. The smallest absolute Gasteiger partial charge is 0.269 e. The molecule has 120 valence electrons. The van der Waals surface area contributed by atoms with Gasteiger partial charge in [-0.25, -0.2) is 4.39 Å². The molecule has 0 radical (unpaired) electrons. The molecule has 0 saturated heterocycles. The predicted molar refractivity (Wildman–Crippen MR) is 89.4 cm³/mol. The van der Waals surface area contributed by atoms with Crippen LogP contribution in [-0.2, 0) is 0 Å². The van der Waals surface area contributed by atoms with Gasteiger partial charge in [-0.2, -0.15) is 0 Å². The second-order valence-electron chi connectivity index (χ2n) is 4.79. The fourth-order valence-corrected chi connectivity index (χ4v) is 1.91. The molecular formula is C19H14FNO3. The summed E-state index contributed by atoms with van der Waals surface area (Å²) in [5.41, 5.74) is 0.998. The SMILES string of the molecule is Fc1ccccc1.O=C(c1ccccc1)c1ccc([N+](=O)[O-])cc1. The Hall–Kier alpha value is -3.34. The van der Waals surface area contributed by atoms with E-state index in [-0.39, 0.29) is 17.3 Å². The van der Waals surface area contributed by atoms with Crippen LogP contribution < -0.4 is 0 Å². The van der Waals surface area contributed by atoms with Crippen molar-refractivity contribution in [2.75, 3.05) is 0 Å². The predicted octanol–water partition coefficient (Wildman–Crippen LogP) is 4.65. The van der Waals surface area contributed by atoms with E-state index in [2.05, 4.69) is 0 Å². The number of benzene rings is 3. The number of hydrogen-bond donors (Lipinski definition) is 0. The third-order valence-electron chi connectivity index (χ3n) is 3.11. The van der Waals surface area contributed by atoms with Gasteiger partial charge in [0.25, 0.3) is 5.69 Å². The van der Waals surface area contributed by atoms with E-state index < -0.39 is 4.92 Å². The summed E-state index contributed by atoms with van der Waals surface area (Å²) in [4.78, 5) is 21.9. The van der Waals surface area contributed by atoms with Crippen LogP contribution in [0.4, 0.5) is 10.1 Å². The van der Waals surface area contributed by atoms with Crippen LogP contribution in [0, 0.1) is 15.9 Å². The summed E-state index contributed by atoms with van der Waals surface area (Å²) in [7, 11) is 0. The summed E-state index contributed by atoms with van der Waals surface area (Å²) in [6.07, 6.45) is 0. The average molecular weight is 323 g/mol. The molecule has 0 aromatic heterocycles. The van der Waals surface area contributed by atoms with Crippen molar-refractivity contribution in [3.05, 3.63) is 112 Å². The second kappa shape index (κ2) is 8.33. The van der Waals surface area contributed by atoms with Crippen molar-refractivity contribution in [3.63, 3.8) is 0 Å². The van der Waals surface area contributed by atoms with Crippen LogP contribution in [-0.4, -0.2) is 10.7 Å². The van der Waals surface area contributed by atoms with Crippen LogP contribution in [0.2, 0.25) is 0 Å². The lowest BCUT2D eigenvalue weighted by molar-refractivity contribution is -0.384. The lowest BCUT2D eigenvalue weighted by Crippen LogP contribution is -2.00. The van der Waals surface area contributed by atoms with Crippen molar-refractivity contribution >= 4 is 11.5 Å². The zero-order valence-corrected chi connectivity index (χ0v) is 12.6. The van der Waals surface area contributed by atoms with E-state index in [1.807, 2.05) is 6.07 Å². The number of ketones is 1. The molecular weight excluding hydrogens is 309 g/mol. The van der Waals surface area contributed by atoms with Crippen molar-refractivity contribution in [1.29, 1.82) is 0 Å². The maximum Gasteiger partial charge on any atom is 0.269 e. The van der Waals surface area contributed by atoms with Crippen LogP contribution in [0.15, 0.2) is 84.9 Å². The Balaban J connectivity index is 0.000000249. The molecule has 0 atom stereocenters. The Morgan fingerprint density at radius 2 is 1.21 bits per heavy atom. The maximum atomic E-state index is 12.0. The van der Waals surface area contributed by atoms with Crippen molar-refractivity contribution in [2.24, 2.45) is 0 Å². The Kier molecular flexibility index (Phi) is 5.91. The molecule has 3 aromatic rings. The number of halogens is 1. The molecule has 3 rings (SSSR count). The Bertz CT molecular complexity index is 803. The van der Waals surface area contributed by atoms with Crippen molar-refractivity contribution in [3.8, 4) is 0 Å². The van der Waals surface area contributed by atoms with E-state index in [1.54, 1.807) is 42.5 Å². The van der Waals surface area contributed by atoms with Gasteiger partial charge in [-0.15, -0.1) is 0 Å². The van der Waals surface area contributed by atoms with Gasteiger partial charge in [-0.05, 0) is 24.3 Å². The first-order valence-corrected chi connectivity index (χ1v) is 7.12. The molecule has 0 spiro atoms. The van der Waals surface area contributed by atoms with Crippen LogP contribution in [0.5, 0.6) is 0 Å². The molecule has 0 saturated carbocycles. The number of carbonyl (C=O) groups is 1. The molecule has 0 aliphatic heterocycles. The molecule has 0 bridgehead atoms. The highest BCUT2D eigenvalue weighted by atomic mass is 19.1. The Labute approximate surface area is 138 Å². The van der Waals surface area contributed by atoms with E-state index in [4.69, 9.17) is 0 Å². The van der Waals surface area contributed by atoms with Crippen molar-refractivity contribution in [2.45, 2.75) is 0 Å². The molecule has 0 N–H and O–H groups in total. The van der Waals surface area contributed by atoms with E-state index in [1.165, 1.54) is 36.4 Å². The van der Waals surface area contributed by atoms with Crippen LogP contribution in [0.3, 0.4) is 0 Å². The van der Waals surface area contributed by atoms with Crippen LogP contribution in [0.25, 0.3) is 0 Å². The zero-order valence-electron chi connectivity index (χ0n) is 12.6. The average Bonchev–Trinajstić information content (AvgIpc) is 2.63. The number of non-ortho nitro benzene ring substituents is 1. The van der Waals surface area contributed by atoms with E-state index in [0.717, 1.165) is 0 Å². The Morgan fingerprint density at radius 1 is 0.750 bits per heavy atom. The van der Waals surface area contributed by atoms with Gasteiger partial charge >= 0.3 is 0 Å². The molecule has 0 aliphatic carbocycles. The summed E-state index contributed by atoms with van der Waals surface area (Å²) in [6.45, 7) is 0. The quantitative estimate of drug-likeness (QED) is 0.400. The first-order valence-electron chi connectivity index (χ1n) is 7.12. The molecule has 0 unspecified atom stereocenters. The van der Waals surface area contributed by atoms with Gasteiger partial charge in [0.1, 0.15) is 5.82 Å². The van der Waals surface area contributed by atoms with Crippen LogP contribution >= 0.6 is 0 Å². The molecule has 24 heavy (non-hydrogen) atoms.